The third-order valence-electron chi connectivity index (χ3n) is 5.31. The Morgan fingerprint density at radius 2 is 1.78 bits per heavy atom. The van der Waals surface area contributed by atoms with E-state index in [1.807, 2.05) is 48.5 Å². The van der Waals surface area contributed by atoms with Crippen LogP contribution in [-0.4, -0.2) is 29.1 Å². The Labute approximate surface area is 196 Å². The number of halogens is 2. The van der Waals surface area contributed by atoms with E-state index in [4.69, 9.17) is 32.9 Å². The van der Waals surface area contributed by atoms with Crippen LogP contribution in [0.25, 0.3) is 11.0 Å². The minimum absolute atomic E-state index is 0.125. The molecule has 164 valence electrons. The Morgan fingerprint density at radius 1 is 1.03 bits per heavy atom. The fraction of sp³-hybridized carbons (Fsp3) is 0.200. The number of ether oxygens (including phenoxy) is 1. The fourth-order valence-electron chi connectivity index (χ4n) is 3.65. The number of hydrogen-bond acceptors (Lipinski definition) is 3. The number of imidazole rings is 1. The summed E-state index contributed by atoms with van der Waals surface area (Å²) in [5.41, 5.74) is 3.39. The maximum absolute atomic E-state index is 12.4. The van der Waals surface area contributed by atoms with Crippen molar-refractivity contribution in [3.05, 3.63) is 93.7 Å². The van der Waals surface area contributed by atoms with Gasteiger partial charge in [-0.3, -0.25) is 4.79 Å². The van der Waals surface area contributed by atoms with Crippen LogP contribution in [0.5, 0.6) is 5.75 Å². The first-order valence-corrected chi connectivity index (χ1v) is 11.1. The molecule has 5 nitrogen and oxygen atoms in total. The number of nitrogens with zero attached hydrogens (tertiary/aromatic N) is 2. The average Bonchev–Trinajstić information content (AvgIpc) is 3.16. The van der Waals surface area contributed by atoms with Gasteiger partial charge in [0.25, 0.3) is 5.91 Å². The molecule has 4 rings (SSSR count). The first-order valence-electron chi connectivity index (χ1n) is 10.4. The van der Waals surface area contributed by atoms with Crippen LogP contribution < -0.4 is 10.1 Å². The van der Waals surface area contributed by atoms with Gasteiger partial charge in [0.15, 0.2) is 0 Å². The van der Waals surface area contributed by atoms with Crippen molar-refractivity contribution in [3.8, 4) is 5.75 Å². The van der Waals surface area contributed by atoms with Gasteiger partial charge in [-0.15, -0.1) is 0 Å². The number of carbonyl (C=O) groups is 1. The molecule has 1 amide bonds. The third-order valence-corrected chi connectivity index (χ3v) is 6.01. The molecule has 1 aromatic heterocycles. The predicted octanol–water partition coefficient (Wildman–Crippen LogP) is 5.76. The number of methoxy groups -OCH3 is 1. The first-order chi connectivity index (χ1) is 15.6. The van der Waals surface area contributed by atoms with E-state index in [-0.39, 0.29) is 5.91 Å². The number of carbonyl (C=O) groups excluding carboxylic acids is 1. The molecular weight excluding hydrogens is 445 g/mol. The number of rotatable bonds is 8. The molecule has 0 spiro atoms. The molecule has 0 aliphatic heterocycles. The SMILES string of the molecule is COc1cccc(C(=O)NCCCc2nc3ccccc3n2Cc2c(Cl)cccc2Cl)c1. The van der Waals surface area contributed by atoms with Crippen LogP contribution in [0, 0.1) is 0 Å². The lowest BCUT2D eigenvalue weighted by Gasteiger charge is -2.12. The second-order valence-corrected chi connectivity index (χ2v) is 8.21. The molecule has 0 aliphatic rings. The van der Waals surface area contributed by atoms with Crippen molar-refractivity contribution in [2.75, 3.05) is 13.7 Å². The first kappa shape index (κ1) is 22.2. The highest BCUT2D eigenvalue weighted by molar-refractivity contribution is 6.36. The molecule has 0 saturated heterocycles. The molecule has 7 heteroatoms. The number of nitrogens with one attached hydrogen (secondary N) is 1. The van der Waals surface area contributed by atoms with Crippen molar-refractivity contribution in [3.63, 3.8) is 0 Å². The zero-order valence-electron chi connectivity index (χ0n) is 17.6. The van der Waals surface area contributed by atoms with Crippen LogP contribution in [0.1, 0.15) is 28.2 Å². The standard InChI is InChI=1S/C25H23Cl2N3O2/c1-32-18-8-4-7-17(15-18)25(31)28-14-6-13-24-29-22-11-2-3-12-23(22)30(24)16-19-20(26)9-5-10-21(19)27/h2-5,7-12,15H,6,13-14,16H2,1H3,(H,28,31). The van der Waals surface area contributed by atoms with Crippen LogP contribution >= 0.6 is 23.2 Å². The Kier molecular flexibility index (Phi) is 6.98. The normalized spacial score (nSPS) is 11.0. The van der Waals surface area contributed by atoms with Crippen molar-refractivity contribution >= 4 is 40.1 Å². The molecule has 0 aliphatic carbocycles. The fourth-order valence-corrected chi connectivity index (χ4v) is 4.17. The van der Waals surface area contributed by atoms with Gasteiger partial charge in [0.05, 0.1) is 24.7 Å². The highest BCUT2D eigenvalue weighted by Gasteiger charge is 2.14. The van der Waals surface area contributed by atoms with Crippen molar-refractivity contribution in [1.82, 2.24) is 14.9 Å². The molecule has 1 heterocycles. The zero-order valence-corrected chi connectivity index (χ0v) is 19.2. The number of aryl methyl sites for hydroxylation is 1. The second-order valence-electron chi connectivity index (χ2n) is 7.39. The summed E-state index contributed by atoms with van der Waals surface area (Å²) in [4.78, 5) is 17.2. The van der Waals surface area contributed by atoms with Gasteiger partial charge in [0.1, 0.15) is 11.6 Å². The molecule has 3 aromatic carbocycles. The van der Waals surface area contributed by atoms with Crippen LogP contribution in [0.3, 0.4) is 0 Å². The summed E-state index contributed by atoms with van der Waals surface area (Å²) in [7, 11) is 1.58. The minimum Gasteiger partial charge on any atom is -0.497 e. The van der Waals surface area contributed by atoms with E-state index in [2.05, 4.69) is 9.88 Å². The maximum atomic E-state index is 12.4. The third kappa shape index (κ3) is 4.90. The summed E-state index contributed by atoms with van der Waals surface area (Å²) in [6.45, 7) is 1.07. The molecule has 0 fully saturated rings. The van der Waals surface area contributed by atoms with E-state index >= 15 is 0 Å². The lowest BCUT2D eigenvalue weighted by atomic mass is 10.2. The topological polar surface area (TPSA) is 56.1 Å². The monoisotopic (exact) mass is 467 g/mol. The van der Waals surface area contributed by atoms with Gasteiger partial charge in [0.2, 0.25) is 0 Å². The predicted molar refractivity (Wildman–Crippen MR) is 129 cm³/mol. The number of para-hydroxylation sites is 2. The van der Waals surface area contributed by atoms with E-state index in [0.29, 0.717) is 40.9 Å². The molecule has 0 radical (unpaired) electrons. The summed E-state index contributed by atoms with van der Waals surface area (Å²) in [6.07, 6.45) is 1.45. The maximum Gasteiger partial charge on any atom is 0.251 e. The number of hydrogen-bond donors (Lipinski definition) is 1. The van der Waals surface area contributed by atoms with Crippen molar-refractivity contribution in [2.45, 2.75) is 19.4 Å². The van der Waals surface area contributed by atoms with Gasteiger partial charge in [-0.1, -0.05) is 47.5 Å². The lowest BCUT2D eigenvalue weighted by Crippen LogP contribution is -2.25. The molecule has 1 N–H and O–H groups in total. The summed E-state index contributed by atoms with van der Waals surface area (Å²) >= 11 is 12.8. The van der Waals surface area contributed by atoms with Crippen molar-refractivity contribution < 1.29 is 9.53 Å². The Bertz CT molecular complexity index is 1230. The van der Waals surface area contributed by atoms with Gasteiger partial charge in [-0.05, 0) is 48.9 Å². The van der Waals surface area contributed by atoms with Crippen LogP contribution in [-0.2, 0) is 13.0 Å². The summed E-state index contributed by atoms with van der Waals surface area (Å²) in [5.74, 6) is 1.46. The molecule has 0 unspecified atom stereocenters. The quantitative estimate of drug-likeness (QED) is 0.335. The van der Waals surface area contributed by atoms with Gasteiger partial charge in [0, 0.05) is 34.1 Å². The largest absolute Gasteiger partial charge is 0.497 e. The number of fused-ring (bicyclic) bond motifs is 1. The highest BCUT2D eigenvalue weighted by atomic mass is 35.5. The molecule has 32 heavy (non-hydrogen) atoms. The summed E-state index contributed by atoms with van der Waals surface area (Å²) in [5, 5.41) is 4.23. The molecule has 0 atom stereocenters. The Morgan fingerprint density at radius 3 is 2.56 bits per heavy atom. The zero-order chi connectivity index (χ0) is 22.5. The average molecular weight is 468 g/mol. The van der Waals surface area contributed by atoms with E-state index in [1.165, 1.54) is 0 Å². The van der Waals surface area contributed by atoms with E-state index in [1.54, 1.807) is 25.3 Å². The second kappa shape index (κ2) is 10.1. The van der Waals surface area contributed by atoms with Gasteiger partial charge < -0.3 is 14.6 Å². The van der Waals surface area contributed by atoms with Gasteiger partial charge in [-0.25, -0.2) is 4.98 Å². The van der Waals surface area contributed by atoms with Crippen molar-refractivity contribution in [2.24, 2.45) is 0 Å². The molecule has 4 aromatic rings. The highest BCUT2D eigenvalue weighted by Crippen LogP contribution is 2.27. The number of benzene rings is 3. The van der Waals surface area contributed by atoms with Crippen LogP contribution in [0.15, 0.2) is 66.7 Å². The number of aromatic nitrogens is 2. The Hall–Kier alpha value is -3.02. The van der Waals surface area contributed by atoms with Crippen LogP contribution in [0.2, 0.25) is 10.0 Å². The number of amides is 1. The molecule has 0 saturated carbocycles. The summed E-state index contributed by atoms with van der Waals surface area (Å²) in [6, 6.07) is 20.6. The van der Waals surface area contributed by atoms with Gasteiger partial charge in [-0.2, -0.15) is 0 Å². The lowest BCUT2D eigenvalue weighted by molar-refractivity contribution is 0.0953. The molecular formula is C25H23Cl2N3O2. The van der Waals surface area contributed by atoms with E-state index < -0.39 is 0 Å². The van der Waals surface area contributed by atoms with Gasteiger partial charge >= 0.3 is 0 Å². The van der Waals surface area contributed by atoms with E-state index in [0.717, 1.165) is 28.8 Å². The Balaban J connectivity index is 1.47. The minimum atomic E-state index is -0.125. The molecule has 0 bridgehead atoms. The van der Waals surface area contributed by atoms with Crippen LogP contribution in [0.4, 0.5) is 0 Å². The smallest absolute Gasteiger partial charge is 0.251 e. The van der Waals surface area contributed by atoms with Crippen molar-refractivity contribution in [1.29, 1.82) is 0 Å². The summed E-state index contributed by atoms with van der Waals surface area (Å²) < 4.78 is 7.33. The van der Waals surface area contributed by atoms with E-state index in [9.17, 15) is 4.79 Å².